The molecule has 4 aromatic rings. The van der Waals surface area contributed by atoms with Gasteiger partial charge in [-0.1, -0.05) is 0 Å². The molecule has 1 heterocycles. The molecule has 0 fully saturated rings. The Kier molecular flexibility index (Phi) is 10.4. The standard InChI is InChI=1S/C16H12P.C11H11O2.2CH3O.Ti/c1-3-7-13(8-4-1)15-11-12-16(17-15)14-9-5-2-6-10-14;1-12-10-6-8-4-3-5-9(8)7-11(10)13-2;2*1-2;/h1-11,17H;3-7H,1-2H3;2*1H3;/q;;2*-1;+2. The number of ether oxygens (including phenoxy) is 2. The van der Waals surface area contributed by atoms with Crippen molar-refractivity contribution >= 4 is 18.1 Å². The monoisotopic (exact) mass is 520 g/mol. The molecule has 3 aromatic carbocycles. The van der Waals surface area contributed by atoms with Gasteiger partial charge in [0.1, 0.15) is 0 Å². The Morgan fingerprint density at radius 3 is 1.91 bits per heavy atom. The van der Waals surface area contributed by atoms with Crippen LogP contribution in [0, 0.1) is 0 Å². The molecule has 1 aromatic heterocycles. The average Bonchev–Trinajstić information content (AvgIpc) is 3.55. The number of hydrogen-bond acceptors (Lipinski definition) is 4. The molecule has 0 bridgehead atoms. The topological polar surface area (TPSA) is 64.6 Å². The maximum absolute atomic E-state index is 8.25. The molecule has 178 valence electrons. The van der Waals surface area contributed by atoms with E-state index < -0.39 is 19.2 Å². The van der Waals surface area contributed by atoms with Crippen LogP contribution >= 0.6 is 8.19 Å². The number of allylic oxidation sites excluding steroid dienone is 1. The van der Waals surface area contributed by atoms with Crippen LogP contribution in [-0.2, 0) is 19.2 Å². The first-order chi connectivity index (χ1) is 17.3. The summed E-state index contributed by atoms with van der Waals surface area (Å²) in [6.07, 6.45) is 4.61. The van der Waals surface area contributed by atoms with Crippen LogP contribution in [0.2, 0.25) is 0 Å². The van der Waals surface area contributed by atoms with Crippen LogP contribution in [0.4, 0.5) is 0 Å². The molecular formula is C29H29O4PTi. The van der Waals surface area contributed by atoms with Gasteiger partial charge in [-0.3, -0.25) is 0 Å². The molecule has 1 aliphatic carbocycles. The van der Waals surface area contributed by atoms with Crippen molar-refractivity contribution in [2.75, 3.05) is 28.4 Å². The van der Waals surface area contributed by atoms with Crippen LogP contribution in [0.1, 0.15) is 15.3 Å². The molecule has 2 unspecified atom stereocenters. The van der Waals surface area contributed by atoms with Crippen molar-refractivity contribution in [1.29, 1.82) is 0 Å². The summed E-state index contributed by atoms with van der Waals surface area (Å²) in [7, 11) is 5.60. The number of benzene rings is 3. The first kappa shape index (κ1) is 27.0. The summed E-state index contributed by atoms with van der Waals surface area (Å²) in [6.45, 7) is 0. The van der Waals surface area contributed by atoms with Crippen molar-refractivity contribution in [3.63, 3.8) is 0 Å². The fraction of sp³-hybridized carbons (Fsp3) is 0.172. The molecule has 1 aliphatic rings. The summed E-state index contributed by atoms with van der Waals surface area (Å²) in [5.41, 5.74) is 5.31. The quantitative estimate of drug-likeness (QED) is 0.352. The largest absolute Gasteiger partial charge is 0.857 e. The second-order valence-electron chi connectivity index (χ2n) is 7.52. The van der Waals surface area contributed by atoms with Gasteiger partial charge in [-0.15, -0.1) is 0 Å². The zero-order valence-corrected chi connectivity index (χ0v) is 22.9. The molecule has 0 N–H and O–H groups in total. The van der Waals surface area contributed by atoms with E-state index >= 15 is 0 Å². The van der Waals surface area contributed by atoms with Gasteiger partial charge in [0.05, 0.1) is 0 Å². The molecule has 6 heteroatoms. The molecule has 35 heavy (non-hydrogen) atoms. The molecule has 0 radical (unpaired) electrons. The minimum absolute atomic E-state index is 0.431. The van der Waals surface area contributed by atoms with E-state index in [0.717, 1.165) is 25.7 Å². The molecule has 5 rings (SSSR count). The molecule has 0 aliphatic heterocycles. The smallest absolute Gasteiger partial charge is 0.153 e. The first-order valence-electron chi connectivity index (χ1n) is 11.1. The Labute approximate surface area is 218 Å². The van der Waals surface area contributed by atoms with E-state index in [-0.39, 0.29) is 0 Å². The van der Waals surface area contributed by atoms with Gasteiger partial charge >= 0.3 is 194 Å². The van der Waals surface area contributed by atoms with Gasteiger partial charge in [-0.25, -0.2) is 0 Å². The molecule has 0 saturated carbocycles. The van der Waals surface area contributed by atoms with Crippen molar-refractivity contribution in [3.05, 3.63) is 96.1 Å². The third-order valence-electron chi connectivity index (χ3n) is 5.67. The van der Waals surface area contributed by atoms with Crippen LogP contribution in [-0.4, -0.2) is 28.4 Å². The van der Waals surface area contributed by atoms with Crippen molar-refractivity contribution in [3.8, 4) is 33.2 Å². The average molecular weight is 520 g/mol. The summed E-state index contributed by atoms with van der Waals surface area (Å²) in [4.78, 5) is 0. The van der Waals surface area contributed by atoms with Crippen molar-refractivity contribution in [2.45, 2.75) is 4.22 Å². The molecular weight excluding hydrogens is 491 g/mol. The maximum Gasteiger partial charge on any atom is -0.153 e. The first-order valence-corrected chi connectivity index (χ1v) is 13.8. The Balaban J connectivity index is 0.000000815. The van der Waals surface area contributed by atoms with Crippen LogP contribution < -0.4 is 23.6 Å². The Bertz CT molecular complexity index is 1240. The van der Waals surface area contributed by atoms with E-state index in [1.165, 1.54) is 32.8 Å². The van der Waals surface area contributed by atoms with Gasteiger partial charge in [0.15, 0.2) is 0 Å². The minimum atomic E-state index is -0.431. The predicted octanol–water partition coefficient (Wildman–Crippen LogP) is 4.50. The summed E-state index contributed by atoms with van der Waals surface area (Å²) < 4.78 is 13.1. The second-order valence-corrected chi connectivity index (χ2v) is 11.1. The van der Waals surface area contributed by atoms with Gasteiger partial charge in [-0.2, -0.15) is 14.2 Å². The van der Waals surface area contributed by atoms with E-state index in [9.17, 15) is 0 Å². The number of hydrogen-bond donors (Lipinski definition) is 0. The van der Waals surface area contributed by atoms with E-state index in [2.05, 4.69) is 91.0 Å². The number of methoxy groups -OCH3 is 2. The van der Waals surface area contributed by atoms with Gasteiger partial charge in [-0.05, 0) is 0 Å². The van der Waals surface area contributed by atoms with Crippen LogP contribution in [0.3, 0.4) is 0 Å². The normalized spacial score (nSPS) is 13.1. The SMILES string of the molecule is COc1cc2c(cc1OC)[CH]([Ti+2][c]1cc(-c3ccccc3)[pH]c1-c1ccccc1)C=C2.C[O-].C[O-]. The molecule has 2 atom stereocenters. The summed E-state index contributed by atoms with van der Waals surface area (Å²) >= 11 is -0.431. The number of rotatable bonds is 6. The summed E-state index contributed by atoms with van der Waals surface area (Å²) in [5.74, 6) is 1.61. The number of fused-ring (bicyclic) bond motifs is 1. The van der Waals surface area contributed by atoms with Gasteiger partial charge < -0.3 is 10.2 Å². The van der Waals surface area contributed by atoms with E-state index in [1.807, 2.05) is 0 Å². The summed E-state index contributed by atoms with van der Waals surface area (Å²) in [5, 5.41) is 19.5. The zero-order chi connectivity index (χ0) is 25.2. The molecule has 0 spiro atoms. The van der Waals surface area contributed by atoms with Crippen LogP contribution in [0.25, 0.3) is 27.8 Å². The van der Waals surface area contributed by atoms with Gasteiger partial charge in [0, 0.05) is 0 Å². The molecule has 0 amide bonds. The minimum Gasteiger partial charge on any atom is -0.857 e. The predicted molar refractivity (Wildman–Crippen MR) is 140 cm³/mol. The van der Waals surface area contributed by atoms with Gasteiger partial charge in [0.2, 0.25) is 0 Å². The zero-order valence-electron chi connectivity index (χ0n) is 20.4. The maximum atomic E-state index is 8.25. The fourth-order valence-corrected chi connectivity index (χ4v) is 8.49. The van der Waals surface area contributed by atoms with E-state index in [1.54, 1.807) is 18.1 Å². The van der Waals surface area contributed by atoms with Crippen LogP contribution in [0.15, 0.2) is 84.9 Å². The van der Waals surface area contributed by atoms with Gasteiger partial charge in [0.25, 0.3) is 0 Å². The van der Waals surface area contributed by atoms with E-state index in [0.29, 0.717) is 12.4 Å². The van der Waals surface area contributed by atoms with Crippen molar-refractivity contribution < 1.29 is 38.8 Å². The third kappa shape index (κ3) is 6.16. The Hall–Kier alpha value is -2.59. The van der Waals surface area contributed by atoms with Crippen molar-refractivity contribution in [1.82, 2.24) is 0 Å². The van der Waals surface area contributed by atoms with E-state index in [4.69, 9.17) is 19.7 Å². The molecule has 0 saturated heterocycles. The molecule has 4 nitrogen and oxygen atoms in total. The Morgan fingerprint density at radius 1 is 0.743 bits per heavy atom. The summed E-state index contributed by atoms with van der Waals surface area (Å²) in [6, 6.07) is 28.4. The third-order valence-corrected chi connectivity index (χ3v) is 9.94. The van der Waals surface area contributed by atoms with Crippen molar-refractivity contribution in [2.24, 2.45) is 0 Å². The van der Waals surface area contributed by atoms with Crippen LogP contribution in [0.5, 0.6) is 11.5 Å². The second kappa shape index (κ2) is 13.5. The fourth-order valence-electron chi connectivity index (χ4n) is 4.10. The Morgan fingerprint density at radius 2 is 1.31 bits per heavy atom.